The van der Waals surface area contributed by atoms with Gasteiger partial charge in [0.15, 0.2) is 0 Å². The van der Waals surface area contributed by atoms with Crippen LogP contribution in [-0.4, -0.2) is 35.6 Å². The molecule has 4 heteroatoms. The van der Waals surface area contributed by atoms with Crippen LogP contribution in [0.1, 0.15) is 17.7 Å². The Labute approximate surface area is 105 Å². The van der Waals surface area contributed by atoms with E-state index in [2.05, 4.69) is 0 Å². The number of likely N-dealkylation sites (tertiary alicyclic amines) is 1. The van der Waals surface area contributed by atoms with Gasteiger partial charge in [0.05, 0.1) is 0 Å². The first-order chi connectivity index (χ1) is 8.29. The van der Waals surface area contributed by atoms with Crippen LogP contribution in [0.25, 0.3) is 6.08 Å². The second kappa shape index (κ2) is 5.98. The van der Waals surface area contributed by atoms with Crippen molar-refractivity contribution < 1.29 is 9.90 Å². The standard InChI is InChI=1S/C13H17NO2S/c15-10-11-3-1-7-14(9-11)13(16)6-5-12-4-2-8-17-12/h2,4-6,8,11,15H,1,3,7,9-10H2/b6-5+/t11-/m0/s1. The van der Waals surface area contributed by atoms with Crippen LogP contribution in [0.3, 0.4) is 0 Å². The Morgan fingerprint density at radius 2 is 2.53 bits per heavy atom. The molecule has 1 aliphatic heterocycles. The fraction of sp³-hybridized carbons (Fsp3) is 0.462. The molecule has 1 saturated heterocycles. The van der Waals surface area contributed by atoms with Gasteiger partial charge in [0.25, 0.3) is 0 Å². The molecular weight excluding hydrogens is 234 g/mol. The van der Waals surface area contributed by atoms with Crippen molar-refractivity contribution in [2.75, 3.05) is 19.7 Å². The second-order valence-corrected chi connectivity index (χ2v) is 5.30. The molecular formula is C13H17NO2S. The van der Waals surface area contributed by atoms with Crippen molar-refractivity contribution in [3.05, 3.63) is 28.5 Å². The summed E-state index contributed by atoms with van der Waals surface area (Å²) in [7, 11) is 0. The summed E-state index contributed by atoms with van der Waals surface area (Å²) in [6.07, 6.45) is 5.50. The van der Waals surface area contributed by atoms with Crippen molar-refractivity contribution in [1.29, 1.82) is 0 Å². The van der Waals surface area contributed by atoms with Gasteiger partial charge in [-0.25, -0.2) is 0 Å². The Hall–Kier alpha value is -1.13. The highest BCUT2D eigenvalue weighted by Crippen LogP contribution is 2.16. The van der Waals surface area contributed by atoms with E-state index in [0.29, 0.717) is 6.54 Å². The van der Waals surface area contributed by atoms with E-state index >= 15 is 0 Å². The molecule has 0 aromatic carbocycles. The van der Waals surface area contributed by atoms with Gasteiger partial charge in [-0.1, -0.05) is 6.07 Å². The molecule has 1 aromatic heterocycles. The van der Waals surface area contributed by atoms with E-state index in [1.807, 2.05) is 28.5 Å². The maximum atomic E-state index is 11.9. The summed E-state index contributed by atoms with van der Waals surface area (Å²) in [5.74, 6) is 0.305. The minimum absolute atomic E-state index is 0.0524. The van der Waals surface area contributed by atoms with Gasteiger partial charge in [-0.15, -0.1) is 11.3 Å². The van der Waals surface area contributed by atoms with E-state index < -0.39 is 0 Å². The second-order valence-electron chi connectivity index (χ2n) is 4.32. The van der Waals surface area contributed by atoms with E-state index in [4.69, 9.17) is 5.11 Å². The summed E-state index contributed by atoms with van der Waals surface area (Å²) in [5.41, 5.74) is 0. The number of nitrogens with zero attached hydrogens (tertiary/aromatic N) is 1. The zero-order chi connectivity index (χ0) is 12.1. The topological polar surface area (TPSA) is 40.5 Å². The van der Waals surface area contributed by atoms with Crippen LogP contribution in [0.2, 0.25) is 0 Å². The van der Waals surface area contributed by atoms with Crippen LogP contribution < -0.4 is 0 Å². The minimum atomic E-state index is 0.0524. The summed E-state index contributed by atoms with van der Waals surface area (Å²) in [6, 6.07) is 3.96. The molecule has 1 atom stereocenters. The molecule has 92 valence electrons. The van der Waals surface area contributed by atoms with Gasteiger partial charge in [-0.2, -0.15) is 0 Å². The molecule has 1 aromatic rings. The molecule has 0 bridgehead atoms. The van der Waals surface area contributed by atoms with Crippen molar-refractivity contribution in [2.24, 2.45) is 5.92 Å². The minimum Gasteiger partial charge on any atom is -0.396 e. The van der Waals surface area contributed by atoms with E-state index in [-0.39, 0.29) is 18.4 Å². The molecule has 0 radical (unpaired) electrons. The first-order valence-electron chi connectivity index (χ1n) is 5.91. The van der Waals surface area contributed by atoms with Crippen LogP contribution in [0, 0.1) is 5.92 Å². The third kappa shape index (κ3) is 3.41. The molecule has 2 rings (SSSR count). The van der Waals surface area contributed by atoms with Crippen molar-refractivity contribution in [1.82, 2.24) is 4.90 Å². The summed E-state index contributed by atoms with van der Waals surface area (Å²) in [5, 5.41) is 11.1. The summed E-state index contributed by atoms with van der Waals surface area (Å²) >= 11 is 1.62. The summed E-state index contributed by atoms with van der Waals surface area (Å²) in [4.78, 5) is 14.8. The van der Waals surface area contributed by atoms with E-state index in [0.717, 1.165) is 24.3 Å². The lowest BCUT2D eigenvalue weighted by Gasteiger charge is -2.31. The van der Waals surface area contributed by atoms with Crippen LogP contribution in [-0.2, 0) is 4.79 Å². The Balaban J connectivity index is 1.91. The van der Waals surface area contributed by atoms with Gasteiger partial charge in [0.1, 0.15) is 0 Å². The van der Waals surface area contributed by atoms with Gasteiger partial charge < -0.3 is 10.0 Å². The number of aliphatic hydroxyl groups excluding tert-OH is 1. The van der Waals surface area contributed by atoms with Crippen molar-refractivity contribution in [3.8, 4) is 0 Å². The zero-order valence-electron chi connectivity index (χ0n) is 9.71. The molecule has 1 N–H and O–H groups in total. The van der Waals surface area contributed by atoms with Crippen LogP contribution in [0.4, 0.5) is 0 Å². The largest absolute Gasteiger partial charge is 0.396 e. The highest BCUT2D eigenvalue weighted by molar-refractivity contribution is 7.10. The van der Waals surface area contributed by atoms with Crippen molar-refractivity contribution >= 4 is 23.3 Å². The maximum absolute atomic E-state index is 11.9. The summed E-state index contributed by atoms with van der Waals surface area (Å²) in [6.45, 7) is 1.67. The average Bonchev–Trinajstić information content (AvgIpc) is 2.89. The number of hydrogen-bond acceptors (Lipinski definition) is 3. The molecule has 1 amide bonds. The molecule has 17 heavy (non-hydrogen) atoms. The molecule has 1 aliphatic rings. The van der Waals surface area contributed by atoms with E-state index in [1.54, 1.807) is 17.4 Å². The van der Waals surface area contributed by atoms with Gasteiger partial charge >= 0.3 is 0 Å². The lowest BCUT2D eigenvalue weighted by Crippen LogP contribution is -2.40. The molecule has 0 saturated carbocycles. The highest BCUT2D eigenvalue weighted by Gasteiger charge is 2.21. The number of carbonyl (C=O) groups is 1. The van der Waals surface area contributed by atoms with Crippen molar-refractivity contribution in [2.45, 2.75) is 12.8 Å². The smallest absolute Gasteiger partial charge is 0.246 e. The van der Waals surface area contributed by atoms with Gasteiger partial charge in [-0.05, 0) is 36.3 Å². The first-order valence-corrected chi connectivity index (χ1v) is 6.79. The lowest BCUT2D eigenvalue weighted by molar-refractivity contribution is -0.127. The number of aliphatic hydroxyl groups is 1. The Morgan fingerprint density at radius 1 is 1.65 bits per heavy atom. The number of hydrogen-bond donors (Lipinski definition) is 1. The number of rotatable bonds is 3. The van der Waals surface area contributed by atoms with Gasteiger partial charge in [-0.3, -0.25) is 4.79 Å². The molecule has 0 aliphatic carbocycles. The molecule has 3 nitrogen and oxygen atoms in total. The Kier molecular flexibility index (Phi) is 4.34. The van der Waals surface area contributed by atoms with E-state index in [1.165, 1.54) is 0 Å². The SMILES string of the molecule is O=C(/C=C/c1cccs1)N1CCC[C@H](CO)C1. The third-order valence-electron chi connectivity index (χ3n) is 3.02. The fourth-order valence-corrected chi connectivity index (χ4v) is 2.68. The van der Waals surface area contributed by atoms with Crippen molar-refractivity contribution in [3.63, 3.8) is 0 Å². The van der Waals surface area contributed by atoms with Crippen LogP contribution in [0.15, 0.2) is 23.6 Å². The number of amides is 1. The van der Waals surface area contributed by atoms with Gasteiger partial charge in [0, 0.05) is 30.6 Å². The normalized spacial score (nSPS) is 21.0. The molecule has 1 fully saturated rings. The first kappa shape index (κ1) is 12.3. The zero-order valence-corrected chi connectivity index (χ0v) is 10.5. The Bertz CT molecular complexity index is 386. The maximum Gasteiger partial charge on any atom is 0.246 e. The third-order valence-corrected chi connectivity index (χ3v) is 3.86. The quantitative estimate of drug-likeness (QED) is 0.835. The van der Waals surface area contributed by atoms with Crippen LogP contribution in [0.5, 0.6) is 0 Å². The molecule has 0 spiro atoms. The van der Waals surface area contributed by atoms with Gasteiger partial charge in [0.2, 0.25) is 5.91 Å². The predicted molar refractivity (Wildman–Crippen MR) is 69.7 cm³/mol. The van der Waals surface area contributed by atoms with E-state index in [9.17, 15) is 4.79 Å². The summed E-state index contributed by atoms with van der Waals surface area (Å²) < 4.78 is 0. The monoisotopic (exact) mass is 251 g/mol. The Morgan fingerprint density at radius 3 is 3.24 bits per heavy atom. The number of thiophene rings is 1. The average molecular weight is 251 g/mol. The molecule has 2 heterocycles. The predicted octanol–water partition coefficient (Wildman–Crippen LogP) is 1.99. The fourth-order valence-electron chi connectivity index (χ4n) is 2.06. The number of piperidine rings is 1. The molecule has 0 unspecified atom stereocenters. The number of carbonyl (C=O) groups excluding carboxylic acids is 1. The highest BCUT2D eigenvalue weighted by atomic mass is 32.1. The lowest BCUT2D eigenvalue weighted by atomic mass is 9.99. The van der Waals surface area contributed by atoms with Crippen LogP contribution >= 0.6 is 11.3 Å².